The third-order valence-electron chi connectivity index (χ3n) is 21.7. The van der Waals surface area contributed by atoms with Crippen LogP contribution in [0.5, 0.6) is 23.1 Å². The Bertz CT molecular complexity index is 4920. The number of likely N-dealkylation sites (tertiary alicyclic amines) is 4. The number of amides is 8. The number of methoxy groups -OCH3 is 2. The van der Waals surface area contributed by atoms with Gasteiger partial charge in [-0.15, -0.1) is 11.3 Å². The highest BCUT2D eigenvalue weighted by molar-refractivity contribution is 7.10. The molecule has 586 valence electrons. The average molecular weight is 1540 g/mol. The van der Waals surface area contributed by atoms with Crippen molar-refractivity contribution in [3.05, 3.63) is 293 Å². The van der Waals surface area contributed by atoms with Gasteiger partial charge in [0, 0.05) is 115 Å². The first kappa shape index (κ1) is 80.0. The molecule has 7 heterocycles. The number of rotatable bonds is 16. The number of nitrogens with one attached hydrogen (secondary N) is 4. The molecule has 0 spiro atoms. The summed E-state index contributed by atoms with van der Waals surface area (Å²) >= 11 is 1.72. The molecule has 19 heteroatoms. The summed E-state index contributed by atoms with van der Waals surface area (Å²) in [5, 5.41) is 19.0. The molecule has 0 saturated carbocycles. The first-order valence-electron chi connectivity index (χ1n) is 39.8. The Balaban J connectivity index is 0.000000133. The van der Waals surface area contributed by atoms with Crippen molar-refractivity contribution in [2.45, 2.75) is 97.3 Å². The van der Waals surface area contributed by atoms with E-state index in [9.17, 15) is 19.2 Å². The van der Waals surface area contributed by atoms with E-state index in [1.807, 2.05) is 192 Å². The molecule has 12 aromatic rings. The second-order valence-corrected chi connectivity index (χ2v) is 31.0. The van der Waals surface area contributed by atoms with Crippen LogP contribution in [0.15, 0.2) is 254 Å². The van der Waals surface area contributed by atoms with Gasteiger partial charge in [-0.3, -0.25) is 4.98 Å². The van der Waals surface area contributed by atoms with Gasteiger partial charge >= 0.3 is 24.1 Å². The molecule has 18 nitrogen and oxygen atoms in total. The highest BCUT2D eigenvalue weighted by Crippen LogP contribution is 2.35. The normalized spacial score (nSPS) is 14.7. The zero-order valence-corrected chi connectivity index (χ0v) is 66.7. The van der Waals surface area contributed by atoms with Crippen LogP contribution in [0, 0.1) is 38.5 Å². The van der Waals surface area contributed by atoms with Crippen LogP contribution in [0.3, 0.4) is 0 Å². The maximum atomic E-state index is 12.6. The lowest BCUT2D eigenvalue weighted by molar-refractivity contribution is 0.181. The zero-order chi connectivity index (χ0) is 79.0. The number of hydrogen-bond donors (Lipinski definition) is 4. The Morgan fingerprint density at radius 2 is 0.833 bits per heavy atom. The van der Waals surface area contributed by atoms with Crippen LogP contribution in [0.2, 0.25) is 0 Å². The molecular weight excluding hydrogens is 1440 g/mol. The van der Waals surface area contributed by atoms with Gasteiger partial charge in [0.05, 0.1) is 30.4 Å². The number of thiazole rings is 1. The second kappa shape index (κ2) is 39.9. The number of piperidine rings is 4. The van der Waals surface area contributed by atoms with E-state index in [-0.39, 0.29) is 24.1 Å². The zero-order valence-electron chi connectivity index (χ0n) is 65.9. The Kier molecular flexibility index (Phi) is 28.0. The molecular formula is C95H103N11O7S. The molecule has 4 N–H and O–H groups in total. The molecule has 0 radical (unpaired) electrons. The van der Waals surface area contributed by atoms with E-state index in [4.69, 9.17) is 24.2 Å². The third-order valence-corrected chi connectivity index (χ3v) is 22.7. The van der Waals surface area contributed by atoms with Crippen molar-refractivity contribution in [3.63, 3.8) is 0 Å². The largest absolute Gasteiger partial charge is 0.497 e. The molecule has 114 heavy (non-hydrogen) atoms. The van der Waals surface area contributed by atoms with Crippen LogP contribution in [-0.2, 0) is 19.3 Å². The fourth-order valence-corrected chi connectivity index (χ4v) is 15.9. The molecule has 0 unspecified atom stereocenters. The number of carbonyl (C=O) groups excluding carboxylic acids is 4. The summed E-state index contributed by atoms with van der Waals surface area (Å²) in [4.78, 5) is 71.6. The van der Waals surface area contributed by atoms with Crippen molar-refractivity contribution in [1.82, 2.24) is 34.6 Å². The van der Waals surface area contributed by atoms with E-state index in [1.54, 1.807) is 31.8 Å². The summed E-state index contributed by atoms with van der Waals surface area (Å²) in [5.41, 5.74) is 13.8. The first-order valence-corrected chi connectivity index (χ1v) is 40.7. The molecule has 0 aliphatic carbocycles. The Labute approximate surface area is 674 Å². The monoisotopic (exact) mass is 1540 g/mol. The van der Waals surface area contributed by atoms with Crippen molar-refractivity contribution in [2.24, 2.45) is 17.8 Å². The number of para-hydroxylation sites is 1. The fourth-order valence-electron chi connectivity index (χ4n) is 14.9. The molecule has 9 aromatic carbocycles. The maximum Gasteiger partial charge on any atom is 0.321 e. The maximum absolute atomic E-state index is 12.6. The molecule has 4 aliphatic rings. The number of nitrogens with zero attached hydrogens (tertiary/aromatic N) is 7. The van der Waals surface area contributed by atoms with Crippen molar-refractivity contribution < 1.29 is 33.4 Å². The number of fused-ring (bicyclic) bond motifs is 2. The number of urea groups is 4. The SMILES string of the molecule is COc1ccc(NC(=O)N2CCC(Cc3cccc(Oc4ccc(C)cn4)c3)CC2)cc1.COc1ccc(NC(=O)N2CCC(c3nc(-c4ccccc4)cs3)CC2)cc1.Cc1ccc(NC(=O)N2CCC(Cc3ccc4ccccc4c3)CC2)cc1.Cc1ccc(NC(=O)N2CCC(Cc3ccc4ccccc4n3)CC2)cc1. The van der Waals surface area contributed by atoms with Crippen molar-refractivity contribution >= 4 is 79.9 Å². The number of carbonyl (C=O) groups is 4. The van der Waals surface area contributed by atoms with Gasteiger partial charge in [-0.1, -0.05) is 151 Å². The molecule has 0 bridgehead atoms. The number of ether oxygens (including phenoxy) is 3. The number of anilines is 4. The summed E-state index contributed by atoms with van der Waals surface area (Å²) in [6, 6.07) is 80.7. The van der Waals surface area contributed by atoms with Gasteiger partial charge in [0.1, 0.15) is 17.2 Å². The molecule has 16 rings (SSSR count). The summed E-state index contributed by atoms with van der Waals surface area (Å²) in [6.45, 7) is 12.4. The highest BCUT2D eigenvalue weighted by atomic mass is 32.1. The Morgan fingerprint density at radius 1 is 0.395 bits per heavy atom. The quantitative estimate of drug-likeness (QED) is 0.0723. The number of aryl methyl sites for hydroxylation is 3. The lowest BCUT2D eigenvalue weighted by atomic mass is 9.89. The smallest absolute Gasteiger partial charge is 0.321 e. The molecule has 4 saturated heterocycles. The van der Waals surface area contributed by atoms with Crippen LogP contribution in [0.4, 0.5) is 41.9 Å². The Hall–Kier alpha value is -12.1. The van der Waals surface area contributed by atoms with Crippen LogP contribution >= 0.6 is 11.3 Å². The van der Waals surface area contributed by atoms with Gasteiger partial charge in [0.25, 0.3) is 0 Å². The van der Waals surface area contributed by atoms with E-state index >= 15 is 0 Å². The third kappa shape index (κ3) is 23.3. The molecule has 0 atom stereocenters. The summed E-state index contributed by atoms with van der Waals surface area (Å²) < 4.78 is 16.2. The standard InChI is InChI=1S/C26H29N3O3.C24H26N2O.C23H25N3O.C22H23N3O2S/c1-19-6-11-25(27-18-19)32-24-5-3-4-21(17-24)16-20-12-14-29(15-13-20)26(30)28-22-7-9-23(31-2)10-8-22;1-18-6-10-23(11-7-18)25-24(27)26-14-12-19(13-15-26)16-20-8-9-21-4-2-3-5-22(21)17-20;1-17-6-9-20(10-7-17)25-23(27)26-14-12-18(13-15-26)16-21-11-8-19-4-2-3-5-22(19)24-21;1-27-19-9-7-18(8-10-19)23-22(26)25-13-11-17(12-14-25)21-24-20(15-28-21)16-5-3-2-4-6-16/h3-11,17-18,20H,12-16H2,1-2H3,(H,28,30);2-11,17,19H,12-16H2,1H3,(H,25,27);2-11,18H,12-16H2,1H3,(H,25,27);2-10,15,17H,11-14H2,1H3,(H,23,26). The second-order valence-electron chi connectivity index (χ2n) is 30.1. The minimum atomic E-state index is -0.0484. The van der Waals surface area contributed by atoms with Crippen molar-refractivity contribution in [2.75, 3.05) is 87.8 Å². The molecule has 3 aromatic heterocycles. The van der Waals surface area contributed by atoms with E-state index in [2.05, 4.69) is 123 Å². The fraction of sp³-hybridized carbons (Fsp3) is 0.295. The van der Waals surface area contributed by atoms with Gasteiger partial charge in [0.2, 0.25) is 5.88 Å². The topological polar surface area (TPSA) is 196 Å². The van der Waals surface area contributed by atoms with E-state index in [0.717, 1.165) is 191 Å². The predicted octanol–water partition coefficient (Wildman–Crippen LogP) is 21.6. The van der Waals surface area contributed by atoms with Crippen molar-refractivity contribution in [3.8, 4) is 34.4 Å². The van der Waals surface area contributed by atoms with Crippen molar-refractivity contribution in [1.29, 1.82) is 0 Å². The lowest BCUT2D eigenvalue weighted by Gasteiger charge is -2.32. The van der Waals surface area contributed by atoms with Gasteiger partial charge in [-0.2, -0.15) is 0 Å². The van der Waals surface area contributed by atoms with Crippen LogP contribution in [0.1, 0.15) is 95.8 Å². The minimum Gasteiger partial charge on any atom is -0.497 e. The molecule has 4 fully saturated rings. The van der Waals surface area contributed by atoms with Crippen LogP contribution < -0.4 is 35.5 Å². The summed E-state index contributed by atoms with van der Waals surface area (Å²) in [5.74, 6) is 5.15. The molecule has 8 amide bonds. The van der Waals surface area contributed by atoms with E-state index < -0.39 is 0 Å². The number of benzene rings is 9. The first-order chi connectivity index (χ1) is 55.6. The predicted molar refractivity (Wildman–Crippen MR) is 461 cm³/mol. The van der Waals surface area contributed by atoms with Crippen LogP contribution in [-0.4, -0.2) is 125 Å². The average Bonchev–Trinajstić information content (AvgIpc) is 1.30. The van der Waals surface area contributed by atoms with Gasteiger partial charge in [-0.25, -0.2) is 29.1 Å². The van der Waals surface area contributed by atoms with Gasteiger partial charge in [-0.05, 0) is 234 Å². The number of aromatic nitrogens is 3. The van der Waals surface area contributed by atoms with E-state index in [0.29, 0.717) is 29.6 Å². The van der Waals surface area contributed by atoms with Gasteiger partial charge < -0.3 is 55.1 Å². The van der Waals surface area contributed by atoms with E-state index in [1.165, 1.54) is 43.4 Å². The summed E-state index contributed by atoms with van der Waals surface area (Å²) in [6.07, 6.45) is 12.9. The number of pyridine rings is 2. The highest BCUT2D eigenvalue weighted by Gasteiger charge is 2.29. The summed E-state index contributed by atoms with van der Waals surface area (Å²) in [7, 11) is 3.26. The lowest BCUT2D eigenvalue weighted by Crippen LogP contribution is -2.41. The minimum absolute atomic E-state index is 0.00105. The Morgan fingerprint density at radius 3 is 1.33 bits per heavy atom. The molecule has 4 aliphatic heterocycles. The van der Waals surface area contributed by atoms with Gasteiger partial charge in [0.15, 0.2) is 0 Å². The number of hydrogen-bond acceptors (Lipinski definition) is 11. The van der Waals surface area contributed by atoms with Crippen LogP contribution in [0.25, 0.3) is 32.9 Å².